The van der Waals surface area contributed by atoms with Crippen LogP contribution in [-0.4, -0.2) is 36.5 Å². The first-order chi connectivity index (χ1) is 7.41. The Bertz CT molecular complexity index is 227. The Morgan fingerprint density at radius 3 is 2.38 bits per heavy atom. The molecule has 3 heteroatoms. The van der Waals surface area contributed by atoms with Gasteiger partial charge in [-0.3, -0.25) is 4.79 Å². The van der Waals surface area contributed by atoms with Gasteiger partial charge < -0.3 is 10.2 Å². The molecule has 1 unspecified atom stereocenters. The van der Waals surface area contributed by atoms with Crippen LogP contribution in [-0.2, 0) is 4.79 Å². The molecule has 0 spiro atoms. The average Bonchev–Trinajstić information content (AvgIpc) is 2.68. The highest BCUT2D eigenvalue weighted by atomic mass is 16.2. The minimum atomic E-state index is 0.261. The summed E-state index contributed by atoms with van der Waals surface area (Å²) < 4.78 is 0. The summed E-state index contributed by atoms with van der Waals surface area (Å²) in [6.45, 7) is 11.6. The topological polar surface area (TPSA) is 32.3 Å². The van der Waals surface area contributed by atoms with E-state index in [1.54, 1.807) is 0 Å². The lowest BCUT2D eigenvalue weighted by Gasteiger charge is -2.28. The fraction of sp³-hybridized carbons (Fsp3) is 0.923. The van der Waals surface area contributed by atoms with Gasteiger partial charge in [-0.15, -0.1) is 0 Å². The van der Waals surface area contributed by atoms with Gasteiger partial charge in [0.2, 0.25) is 5.91 Å². The Hall–Kier alpha value is -0.570. The summed E-state index contributed by atoms with van der Waals surface area (Å²) in [6, 6.07) is 0.443. The monoisotopic (exact) mass is 226 g/mol. The second-order valence-corrected chi connectivity index (χ2v) is 5.88. The van der Waals surface area contributed by atoms with E-state index < -0.39 is 0 Å². The number of carbonyl (C=O) groups excluding carboxylic acids is 1. The highest BCUT2D eigenvalue weighted by Crippen LogP contribution is 2.18. The first kappa shape index (κ1) is 13.5. The maximum atomic E-state index is 11.8. The zero-order valence-electron chi connectivity index (χ0n) is 11.2. The summed E-state index contributed by atoms with van der Waals surface area (Å²) in [7, 11) is 0. The molecule has 1 aliphatic rings. The van der Waals surface area contributed by atoms with Gasteiger partial charge in [0.1, 0.15) is 0 Å². The minimum absolute atomic E-state index is 0.261. The molecule has 1 N–H and O–H groups in total. The van der Waals surface area contributed by atoms with Gasteiger partial charge in [-0.1, -0.05) is 20.8 Å². The summed E-state index contributed by atoms with van der Waals surface area (Å²) in [5, 5.41) is 3.43. The largest absolute Gasteiger partial charge is 0.343 e. The van der Waals surface area contributed by atoms with Crippen molar-refractivity contribution >= 4 is 5.91 Å². The van der Waals surface area contributed by atoms with Crippen LogP contribution in [0.15, 0.2) is 0 Å². The van der Waals surface area contributed by atoms with E-state index in [1.807, 2.05) is 4.90 Å². The highest BCUT2D eigenvalue weighted by Gasteiger charge is 2.21. The average molecular weight is 226 g/mol. The summed E-state index contributed by atoms with van der Waals surface area (Å²) in [5.41, 5.74) is 0.261. The quantitative estimate of drug-likeness (QED) is 0.795. The SMILES string of the molecule is CC(NCCC(=O)N1CCCC1)C(C)(C)C. The van der Waals surface area contributed by atoms with Crippen LogP contribution in [0.1, 0.15) is 47.0 Å². The van der Waals surface area contributed by atoms with E-state index in [-0.39, 0.29) is 5.41 Å². The number of amides is 1. The standard InChI is InChI=1S/C13H26N2O/c1-11(13(2,3)4)14-8-7-12(16)15-9-5-6-10-15/h11,14H,5-10H2,1-4H3. The van der Waals surface area contributed by atoms with Crippen molar-refractivity contribution in [1.82, 2.24) is 10.2 Å². The molecule has 0 radical (unpaired) electrons. The second kappa shape index (κ2) is 5.67. The first-order valence-electron chi connectivity index (χ1n) is 6.42. The molecule has 1 amide bonds. The van der Waals surface area contributed by atoms with Gasteiger partial charge in [-0.2, -0.15) is 0 Å². The lowest BCUT2D eigenvalue weighted by molar-refractivity contribution is -0.130. The maximum Gasteiger partial charge on any atom is 0.223 e. The van der Waals surface area contributed by atoms with Crippen molar-refractivity contribution in [3.63, 3.8) is 0 Å². The highest BCUT2D eigenvalue weighted by molar-refractivity contribution is 5.76. The van der Waals surface area contributed by atoms with Crippen molar-refractivity contribution in [3.05, 3.63) is 0 Å². The summed E-state index contributed by atoms with van der Waals surface area (Å²) in [6.07, 6.45) is 3.00. The molecule has 0 aromatic rings. The van der Waals surface area contributed by atoms with Crippen LogP contribution in [0.2, 0.25) is 0 Å². The number of carbonyl (C=O) groups is 1. The third kappa shape index (κ3) is 4.12. The fourth-order valence-electron chi connectivity index (χ4n) is 1.83. The van der Waals surface area contributed by atoms with E-state index in [0.29, 0.717) is 18.4 Å². The van der Waals surface area contributed by atoms with E-state index in [4.69, 9.17) is 0 Å². The van der Waals surface area contributed by atoms with Crippen LogP contribution >= 0.6 is 0 Å². The number of nitrogens with zero attached hydrogens (tertiary/aromatic N) is 1. The van der Waals surface area contributed by atoms with Crippen LogP contribution in [0.4, 0.5) is 0 Å². The third-order valence-electron chi connectivity index (χ3n) is 3.55. The van der Waals surface area contributed by atoms with E-state index in [2.05, 4.69) is 33.0 Å². The number of hydrogen-bond donors (Lipinski definition) is 1. The van der Waals surface area contributed by atoms with Crippen LogP contribution in [0.25, 0.3) is 0 Å². The molecule has 3 nitrogen and oxygen atoms in total. The Kier molecular flexibility index (Phi) is 4.78. The molecule has 94 valence electrons. The molecule has 16 heavy (non-hydrogen) atoms. The van der Waals surface area contributed by atoms with Crippen molar-refractivity contribution in [1.29, 1.82) is 0 Å². The molecule has 0 aromatic carbocycles. The van der Waals surface area contributed by atoms with Gasteiger partial charge in [0.25, 0.3) is 0 Å². The zero-order valence-corrected chi connectivity index (χ0v) is 11.2. The van der Waals surface area contributed by atoms with Crippen LogP contribution < -0.4 is 5.32 Å². The first-order valence-corrected chi connectivity index (χ1v) is 6.42. The molecule has 0 saturated carbocycles. The van der Waals surface area contributed by atoms with Gasteiger partial charge in [0.05, 0.1) is 0 Å². The van der Waals surface area contributed by atoms with Crippen molar-refractivity contribution in [2.24, 2.45) is 5.41 Å². The lowest BCUT2D eigenvalue weighted by atomic mass is 9.88. The van der Waals surface area contributed by atoms with E-state index in [9.17, 15) is 4.79 Å². The third-order valence-corrected chi connectivity index (χ3v) is 3.55. The van der Waals surface area contributed by atoms with Gasteiger partial charge >= 0.3 is 0 Å². The van der Waals surface area contributed by atoms with Crippen molar-refractivity contribution in [3.8, 4) is 0 Å². The maximum absolute atomic E-state index is 11.8. The number of nitrogens with one attached hydrogen (secondary N) is 1. The summed E-state index contributed by atoms with van der Waals surface area (Å²) in [4.78, 5) is 13.8. The Morgan fingerprint density at radius 2 is 1.88 bits per heavy atom. The van der Waals surface area contributed by atoms with Crippen molar-refractivity contribution < 1.29 is 4.79 Å². The molecule has 1 saturated heterocycles. The molecule has 0 aliphatic carbocycles. The van der Waals surface area contributed by atoms with Gasteiger partial charge in [-0.25, -0.2) is 0 Å². The number of rotatable bonds is 4. The van der Waals surface area contributed by atoms with Gasteiger partial charge in [0, 0.05) is 32.1 Å². The summed E-state index contributed by atoms with van der Waals surface area (Å²) in [5.74, 6) is 0.311. The smallest absolute Gasteiger partial charge is 0.223 e. The van der Waals surface area contributed by atoms with Crippen LogP contribution in [0.3, 0.4) is 0 Å². The Balaban J connectivity index is 2.17. The molecular formula is C13H26N2O. The normalized spacial score (nSPS) is 18.9. The van der Waals surface area contributed by atoms with E-state index >= 15 is 0 Å². The van der Waals surface area contributed by atoms with Crippen LogP contribution in [0.5, 0.6) is 0 Å². The Labute approximate surface area is 99.6 Å². The molecule has 0 aromatic heterocycles. The molecule has 1 fully saturated rings. The molecule has 1 heterocycles. The van der Waals surface area contributed by atoms with Gasteiger partial charge in [-0.05, 0) is 25.2 Å². The summed E-state index contributed by atoms with van der Waals surface area (Å²) >= 11 is 0. The second-order valence-electron chi connectivity index (χ2n) is 5.88. The number of likely N-dealkylation sites (tertiary alicyclic amines) is 1. The predicted octanol–water partition coefficient (Wildman–Crippen LogP) is 2.02. The molecule has 0 bridgehead atoms. The predicted molar refractivity (Wildman–Crippen MR) is 67.4 cm³/mol. The molecular weight excluding hydrogens is 200 g/mol. The van der Waals surface area contributed by atoms with E-state index in [1.165, 1.54) is 12.8 Å². The van der Waals surface area contributed by atoms with Crippen LogP contribution in [0, 0.1) is 5.41 Å². The van der Waals surface area contributed by atoms with E-state index in [0.717, 1.165) is 19.6 Å². The minimum Gasteiger partial charge on any atom is -0.343 e. The zero-order chi connectivity index (χ0) is 12.2. The molecule has 1 atom stereocenters. The van der Waals surface area contributed by atoms with Crippen molar-refractivity contribution in [2.75, 3.05) is 19.6 Å². The van der Waals surface area contributed by atoms with Gasteiger partial charge in [0.15, 0.2) is 0 Å². The fourth-order valence-corrected chi connectivity index (χ4v) is 1.83. The molecule has 1 aliphatic heterocycles. The Morgan fingerprint density at radius 1 is 1.31 bits per heavy atom. The van der Waals surface area contributed by atoms with Crippen molar-refractivity contribution in [2.45, 2.75) is 53.0 Å². The lowest BCUT2D eigenvalue weighted by Crippen LogP contribution is -2.40. The number of hydrogen-bond acceptors (Lipinski definition) is 2. The molecule has 1 rings (SSSR count).